The number of esters is 1. The molecule has 79 heavy (non-hydrogen) atoms. The fourth-order valence-corrected chi connectivity index (χ4v) is 11.8. The number of ether oxygens (including phenoxy) is 1. The molecular weight excluding hydrogens is 971 g/mol. The van der Waals surface area contributed by atoms with Gasteiger partial charge < -0.3 is 20.3 Å². The number of amides is 1. The van der Waals surface area contributed by atoms with Gasteiger partial charge >= 0.3 is 5.97 Å². The molecule has 0 aromatic rings. The van der Waals surface area contributed by atoms with E-state index in [1.165, 1.54) is 347 Å². The van der Waals surface area contributed by atoms with Crippen LogP contribution >= 0.6 is 0 Å². The van der Waals surface area contributed by atoms with E-state index in [-0.39, 0.29) is 18.5 Å². The third kappa shape index (κ3) is 65.6. The molecule has 0 bridgehead atoms. The Morgan fingerprint density at radius 2 is 0.595 bits per heavy atom. The van der Waals surface area contributed by atoms with Crippen molar-refractivity contribution in [2.45, 2.75) is 431 Å². The van der Waals surface area contributed by atoms with Crippen molar-refractivity contribution in [1.29, 1.82) is 0 Å². The zero-order valence-electron chi connectivity index (χ0n) is 53.9. The van der Waals surface area contributed by atoms with Crippen molar-refractivity contribution in [2.24, 2.45) is 0 Å². The molecule has 6 heteroatoms. The van der Waals surface area contributed by atoms with Crippen molar-refractivity contribution in [3.63, 3.8) is 0 Å². The van der Waals surface area contributed by atoms with Crippen LogP contribution in [0.4, 0.5) is 0 Å². The maximum absolute atomic E-state index is 12.5. The van der Waals surface area contributed by atoms with E-state index in [1.807, 2.05) is 0 Å². The summed E-state index contributed by atoms with van der Waals surface area (Å²) < 4.78 is 5.51. The van der Waals surface area contributed by atoms with Gasteiger partial charge in [0.2, 0.25) is 5.91 Å². The van der Waals surface area contributed by atoms with Gasteiger partial charge in [-0.05, 0) is 51.4 Å². The standard InChI is InChI=1S/C73H143NO5/c1-3-5-7-9-11-13-15-17-19-34-39-43-47-51-55-59-63-67-73(78)79-68-64-60-56-52-48-44-40-36-33-31-29-27-25-23-21-22-24-26-28-30-32-35-38-42-46-50-54-58-62-66-72(77)74-70(69-75)71(76)65-61-57-53-49-45-41-37-20-18-16-14-12-10-8-6-4-2/h21,23,70-71,75-76H,3-20,22,24-69H2,1-2H3,(H,74,77)/b23-21-. The summed E-state index contributed by atoms with van der Waals surface area (Å²) in [7, 11) is 0. The first-order chi connectivity index (χ1) is 39.0. The number of hydrogen-bond donors (Lipinski definition) is 3. The van der Waals surface area contributed by atoms with Gasteiger partial charge in [0.05, 0.1) is 25.4 Å². The molecule has 0 aromatic carbocycles. The van der Waals surface area contributed by atoms with Crippen LogP contribution in [0.25, 0.3) is 0 Å². The molecule has 0 heterocycles. The molecule has 0 spiro atoms. The SMILES string of the molecule is CCCCCCCCCCCCCCCCCCCC(=O)OCCCCCCCCCCCCCC/C=C\CCCCCCCCCCCCCCCC(=O)NC(CO)C(O)CCCCCCCCCCCCCCCCCC. The molecular formula is C73H143NO5. The van der Waals surface area contributed by atoms with E-state index in [0.717, 1.165) is 38.5 Å². The van der Waals surface area contributed by atoms with Crippen LogP contribution in [-0.4, -0.2) is 47.4 Å². The Balaban J connectivity index is 3.34. The van der Waals surface area contributed by atoms with E-state index < -0.39 is 12.1 Å². The molecule has 0 radical (unpaired) electrons. The molecule has 470 valence electrons. The van der Waals surface area contributed by atoms with Crippen LogP contribution in [0.3, 0.4) is 0 Å². The summed E-state index contributed by atoms with van der Waals surface area (Å²) in [4.78, 5) is 24.6. The van der Waals surface area contributed by atoms with Crippen molar-refractivity contribution in [3.05, 3.63) is 12.2 Å². The summed E-state index contributed by atoms with van der Waals surface area (Å²) in [6, 6.07) is -0.540. The maximum Gasteiger partial charge on any atom is 0.305 e. The van der Waals surface area contributed by atoms with E-state index in [2.05, 4.69) is 31.3 Å². The maximum atomic E-state index is 12.5. The first kappa shape index (κ1) is 77.6. The van der Waals surface area contributed by atoms with Crippen molar-refractivity contribution < 1.29 is 24.5 Å². The quantitative estimate of drug-likeness (QED) is 0.0320. The Morgan fingerprint density at radius 1 is 0.342 bits per heavy atom. The summed E-state index contributed by atoms with van der Waals surface area (Å²) in [5.74, 6) is -0.00880. The normalized spacial score (nSPS) is 12.5. The monoisotopic (exact) mass is 1110 g/mol. The third-order valence-corrected chi connectivity index (χ3v) is 17.3. The van der Waals surface area contributed by atoms with Gasteiger partial charge in [0.1, 0.15) is 0 Å². The highest BCUT2D eigenvalue weighted by Gasteiger charge is 2.20. The van der Waals surface area contributed by atoms with Gasteiger partial charge in [0, 0.05) is 12.8 Å². The molecule has 0 aliphatic heterocycles. The number of hydrogen-bond acceptors (Lipinski definition) is 5. The molecule has 2 unspecified atom stereocenters. The van der Waals surface area contributed by atoms with Crippen LogP contribution in [0.5, 0.6) is 0 Å². The summed E-state index contributed by atoms with van der Waals surface area (Å²) >= 11 is 0. The van der Waals surface area contributed by atoms with Gasteiger partial charge in [0.25, 0.3) is 0 Å². The average Bonchev–Trinajstić information content (AvgIpc) is 3.45. The van der Waals surface area contributed by atoms with E-state index >= 15 is 0 Å². The van der Waals surface area contributed by atoms with Gasteiger partial charge in [-0.2, -0.15) is 0 Å². The molecule has 0 aliphatic carbocycles. The lowest BCUT2D eigenvalue weighted by Gasteiger charge is -2.22. The lowest BCUT2D eigenvalue weighted by atomic mass is 10.0. The third-order valence-electron chi connectivity index (χ3n) is 17.3. The minimum absolute atomic E-state index is 0.0215. The summed E-state index contributed by atoms with van der Waals surface area (Å²) in [5, 5.41) is 23.4. The van der Waals surface area contributed by atoms with Crippen molar-refractivity contribution in [2.75, 3.05) is 13.2 Å². The number of rotatable bonds is 69. The Bertz CT molecular complexity index is 1190. The number of allylic oxidation sites excluding steroid dienone is 2. The lowest BCUT2D eigenvalue weighted by molar-refractivity contribution is -0.143. The number of aliphatic hydroxyl groups is 2. The molecule has 3 N–H and O–H groups in total. The largest absolute Gasteiger partial charge is 0.466 e. The number of carbonyl (C=O) groups excluding carboxylic acids is 2. The highest BCUT2D eigenvalue weighted by Crippen LogP contribution is 2.19. The van der Waals surface area contributed by atoms with E-state index in [4.69, 9.17) is 4.74 Å². The highest BCUT2D eigenvalue weighted by molar-refractivity contribution is 5.76. The Kier molecular flexibility index (Phi) is 67.9. The molecule has 0 saturated heterocycles. The smallest absolute Gasteiger partial charge is 0.305 e. The molecule has 1 amide bonds. The van der Waals surface area contributed by atoms with E-state index in [9.17, 15) is 19.8 Å². The Hall–Kier alpha value is -1.40. The van der Waals surface area contributed by atoms with Crippen LogP contribution in [0.15, 0.2) is 12.2 Å². The fraction of sp³-hybridized carbons (Fsp3) is 0.945. The number of carbonyl (C=O) groups is 2. The molecule has 6 nitrogen and oxygen atoms in total. The van der Waals surface area contributed by atoms with Crippen LogP contribution in [0.2, 0.25) is 0 Å². The van der Waals surface area contributed by atoms with Gasteiger partial charge in [0.15, 0.2) is 0 Å². The van der Waals surface area contributed by atoms with Crippen LogP contribution in [0, 0.1) is 0 Å². The number of aliphatic hydroxyl groups excluding tert-OH is 2. The van der Waals surface area contributed by atoms with E-state index in [0.29, 0.717) is 25.9 Å². The summed E-state index contributed by atoms with van der Waals surface area (Å²) in [6.45, 7) is 5.00. The van der Waals surface area contributed by atoms with Gasteiger partial charge in [-0.1, -0.05) is 366 Å². The molecule has 0 fully saturated rings. The van der Waals surface area contributed by atoms with Crippen LogP contribution in [0.1, 0.15) is 418 Å². The highest BCUT2D eigenvalue weighted by atomic mass is 16.5. The average molecular weight is 1110 g/mol. The van der Waals surface area contributed by atoms with Gasteiger partial charge in [-0.25, -0.2) is 0 Å². The van der Waals surface area contributed by atoms with Crippen molar-refractivity contribution in [3.8, 4) is 0 Å². The summed E-state index contributed by atoms with van der Waals surface area (Å²) in [6.07, 6.45) is 85.6. The zero-order chi connectivity index (χ0) is 57.1. The van der Waals surface area contributed by atoms with Crippen molar-refractivity contribution >= 4 is 11.9 Å². The minimum Gasteiger partial charge on any atom is -0.466 e. The van der Waals surface area contributed by atoms with Gasteiger partial charge in [-0.3, -0.25) is 9.59 Å². The molecule has 0 saturated carbocycles. The van der Waals surface area contributed by atoms with Crippen molar-refractivity contribution in [1.82, 2.24) is 5.32 Å². The summed E-state index contributed by atoms with van der Waals surface area (Å²) in [5.41, 5.74) is 0. The number of unbranched alkanes of at least 4 members (excludes halogenated alkanes) is 56. The van der Waals surface area contributed by atoms with Crippen LogP contribution in [-0.2, 0) is 14.3 Å². The first-order valence-electron chi connectivity index (χ1n) is 36.4. The van der Waals surface area contributed by atoms with Crippen LogP contribution < -0.4 is 5.32 Å². The number of nitrogens with one attached hydrogen (secondary N) is 1. The minimum atomic E-state index is -0.663. The zero-order valence-corrected chi connectivity index (χ0v) is 53.9. The lowest BCUT2D eigenvalue weighted by Crippen LogP contribution is -2.45. The molecule has 0 aliphatic rings. The molecule has 0 rings (SSSR count). The van der Waals surface area contributed by atoms with Gasteiger partial charge in [-0.15, -0.1) is 0 Å². The molecule has 0 aromatic heterocycles. The fourth-order valence-electron chi connectivity index (χ4n) is 11.8. The molecule has 2 atom stereocenters. The second-order valence-electron chi connectivity index (χ2n) is 25.3. The predicted molar refractivity (Wildman–Crippen MR) is 347 cm³/mol. The predicted octanol–water partition coefficient (Wildman–Crippen LogP) is 23.5. The second-order valence-corrected chi connectivity index (χ2v) is 25.3. The first-order valence-corrected chi connectivity index (χ1v) is 36.4. The Labute approximate surface area is 495 Å². The Morgan fingerprint density at radius 3 is 0.899 bits per heavy atom. The topological polar surface area (TPSA) is 95.9 Å². The van der Waals surface area contributed by atoms with E-state index in [1.54, 1.807) is 0 Å². The second kappa shape index (κ2) is 69.1.